The van der Waals surface area contributed by atoms with E-state index >= 15 is 0 Å². The zero-order valence-corrected chi connectivity index (χ0v) is 11.3. The predicted octanol–water partition coefficient (Wildman–Crippen LogP) is 1.40. The lowest BCUT2D eigenvalue weighted by molar-refractivity contribution is 0.266. The highest BCUT2D eigenvalue weighted by molar-refractivity contribution is 4.80. The Morgan fingerprint density at radius 2 is 2.06 bits per heavy atom. The lowest BCUT2D eigenvalue weighted by atomic mass is 10.2. The van der Waals surface area contributed by atoms with Crippen LogP contribution in [0.3, 0.4) is 0 Å². The quantitative estimate of drug-likeness (QED) is 0.632. The van der Waals surface area contributed by atoms with E-state index in [9.17, 15) is 0 Å². The van der Waals surface area contributed by atoms with Gasteiger partial charge in [-0.2, -0.15) is 0 Å². The highest BCUT2D eigenvalue weighted by Gasteiger charge is 2.22. The molecule has 1 heterocycles. The maximum Gasteiger partial charge on any atom is 0.0229 e. The summed E-state index contributed by atoms with van der Waals surface area (Å²) in [5.74, 6) is 0. The summed E-state index contributed by atoms with van der Waals surface area (Å²) in [6.07, 6.45) is 5.26. The van der Waals surface area contributed by atoms with E-state index in [0.29, 0.717) is 0 Å². The topological polar surface area (TPSA) is 18.5 Å². The third-order valence-electron chi connectivity index (χ3n) is 3.48. The van der Waals surface area contributed by atoms with E-state index in [1.54, 1.807) is 0 Å². The third-order valence-corrected chi connectivity index (χ3v) is 3.48. The van der Waals surface area contributed by atoms with E-state index in [2.05, 4.69) is 36.1 Å². The van der Waals surface area contributed by atoms with Crippen LogP contribution in [0.5, 0.6) is 0 Å². The number of likely N-dealkylation sites (tertiary alicyclic amines) is 1. The highest BCUT2D eigenvalue weighted by Crippen LogP contribution is 2.13. The largest absolute Gasteiger partial charge is 0.317 e. The second-order valence-electron chi connectivity index (χ2n) is 5.16. The second-order valence-corrected chi connectivity index (χ2v) is 5.16. The molecular formula is C13H29N3. The molecule has 1 aliphatic rings. The first-order valence-corrected chi connectivity index (χ1v) is 6.83. The fourth-order valence-corrected chi connectivity index (χ4v) is 2.32. The van der Waals surface area contributed by atoms with Gasteiger partial charge in [0.2, 0.25) is 0 Å². The first-order chi connectivity index (χ1) is 7.74. The van der Waals surface area contributed by atoms with Gasteiger partial charge in [0.1, 0.15) is 0 Å². The maximum absolute atomic E-state index is 3.46. The van der Waals surface area contributed by atoms with Gasteiger partial charge in [0, 0.05) is 12.6 Å². The highest BCUT2D eigenvalue weighted by atomic mass is 15.2. The van der Waals surface area contributed by atoms with Crippen LogP contribution in [-0.2, 0) is 0 Å². The summed E-state index contributed by atoms with van der Waals surface area (Å²) in [7, 11) is 4.39. The Hall–Kier alpha value is -0.120. The lowest BCUT2D eigenvalue weighted by Crippen LogP contribution is -2.32. The average Bonchev–Trinajstić information content (AvgIpc) is 2.72. The number of nitrogens with one attached hydrogen (secondary N) is 1. The molecule has 1 aliphatic heterocycles. The van der Waals surface area contributed by atoms with E-state index in [-0.39, 0.29) is 0 Å². The number of hydrogen-bond acceptors (Lipinski definition) is 3. The van der Waals surface area contributed by atoms with Crippen molar-refractivity contribution in [3.63, 3.8) is 0 Å². The minimum absolute atomic E-state index is 0.790. The molecule has 0 saturated carbocycles. The summed E-state index contributed by atoms with van der Waals surface area (Å²) in [6, 6.07) is 0.790. The van der Waals surface area contributed by atoms with Gasteiger partial charge >= 0.3 is 0 Å². The van der Waals surface area contributed by atoms with Crippen molar-refractivity contribution in [1.82, 2.24) is 15.1 Å². The minimum atomic E-state index is 0.790. The Kier molecular flexibility index (Phi) is 7.01. The fourth-order valence-electron chi connectivity index (χ4n) is 2.32. The van der Waals surface area contributed by atoms with Crippen molar-refractivity contribution in [1.29, 1.82) is 0 Å². The molecule has 1 saturated heterocycles. The van der Waals surface area contributed by atoms with Crippen LogP contribution in [-0.4, -0.2) is 62.7 Å². The molecule has 1 N–H and O–H groups in total. The molecule has 3 nitrogen and oxygen atoms in total. The molecule has 0 radical (unpaired) electrons. The molecule has 0 bridgehead atoms. The predicted molar refractivity (Wildman–Crippen MR) is 70.9 cm³/mol. The molecule has 1 atom stereocenters. The summed E-state index contributed by atoms with van der Waals surface area (Å²) < 4.78 is 0. The van der Waals surface area contributed by atoms with Gasteiger partial charge in [-0.05, 0) is 66.0 Å². The van der Waals surface area contributed by atoms with Crippen molar-refractivity contribution < 1.29 is 0 Å². The molecular weight excluding hydrogens is 198 g/mol. The second kappa shape index (κ2) is 8.04. The van der Waals surface area contributed by atoms with Crippen molar-refractivity contribution in [2.24, 2.45) is 0 Å². The Morgan fingerprint density at radius 3 is 2.69 bits per heavy atom. The van der Waals surface area contributed by atoms with Crippen LogP contribution in [0.15, 0.2) is 0 Å². The minimum Gasteiger partial charge on any atom is -0.317 e. The van der Waals surface area contributed by atoms with Gasteiger partial charge in [0.15, 0.2) is 0 Å². The fraction of sp³-hybridized carbons (Fsp3) is 1.00. The Bertz CT molecular complexity index is 171. The summed E-state index contributed by atoms with van der Waals surface area (Å²) >= 11 is 0. The van der Waals surface area contributed by atoms with Crippen LogP contribution in [0.4, 0.5) is 0 Å². The SMILES string of the molecule is CCCNCCCCN1CCC(N(C)C)C1. The van der Waals surface area contributed by atoms with Crippen molar-refractivity contribution in [3.8, 4) is 0 Å². The lowest BCUT2D eigenvalue weighted by Gasteiger charge is -2.20. The molecule has 1 unspecified atom stereocenters. The molecule has 0 aromatic rings. The molecule has 3 heteroatoms. The van der Waals surface area contributed by atoms with Crippen LogP contribution >= 0.6 is 0 Å². The molecule has 96 valence electrons. The number of likely N-dealkylation sites (N-methyl/N-ethyl adjacent to an activating group) is 1. The molecule has 1 rings (SSSR count). The molecule has 16 heavy (non-hydrogen) atoms. The summed E-state index contributed by atoms with van der Waals surface area (Å²) in [5, 5.41) is 3.46. The van der Waals surface area contributed by atoms with Crippen LogP contribution in [0, 0.1) is 0 Å². The van der Waals surface area contributed by atoms with E-state index in [1.807, 2.05) is 0 Å². The van der Waals surface area contributed by atoms with Gasteiger partial charge in [0.25, 0.3) is 0 Å². The number of unbranched alkanes of at least 4 members (excludes halogenated alkanes) is 1. The van der Waals surface area contributed by atoms with E-state index in [0.717, 1.165) is 6.04 Å². The monoisotopic (exact) mass is 227 g/mol. The van der Waals surface area contributed by atoms with Crippen LogP contribution in [0.25, 0.3) is 0 Å². The van der Waals surface area contributed by atoms with E-state index < -0.39 is 0 Å². The standard InChI is InChI=1S/C13H29N3/c1-4-8-14-9-5-6-10-16-11-7-13(12-16)15(2)3/h13-14H,4-12H2,1-3H3. The van der Waals surface area contributed by atoms with Crippen LogP contribution in [0.1, 0.15) is 32.6 Å². The third kappa shape index (κ3) is 5.28. The van der Waals surface area contributed by atoms with E-state index in [1.165, 1.54) is 58.4 Å². The average molecular weight is 227 g/mol. The number of hydrogen-bond donors (Lipinski definition) is 1. The maximum atomic E-state index is 3.46. The molecule has 1 fully saturated rings. The molecule has 0 aliphatic carbocycles. The van der Waals surface area contributed by atoms with Gasteiger partial charge in [-0.3, -0.25) is 0 Å². The van der Waals surface area contributed by atoms with Crippen molar-refractivity contribution >= 4 is 0 Å². The van der Waals surface area contributed by atoms with Gasteiger partial charge in [0.05, 0.1) is 0 Å². The molecule has 0 amide bonds. The van der Waals surface area contributed by atoms with Crippen LogP contribution in [0.2, 0.25) is 0 Å². The number of nitrogens with zero attached hydrogens (tertiary/aromatic N) is 2. The first-order valence-electron chi connectivity index (χ1n) is 6.83. The smallest absolute Gasteiger partial charge is 0.0229 e. The zero-order chi connectivity index (χ0) is 11.8. The summed E-state index contributed by atoms with van der Waals surface area (Å²) in [6.45, 7) is 8.45. The molecule has 0 aromatic carbocycles. The molecule has 0 aromatic heterocycles. The first kappa shape index (κ1) is 13.9. The van der Waals surface area contributed by atoms with Gasteiger partial charge < -0.3 is 15.1 Å². The summed E-state index contributed by atoms with van der Waals surface area (Å²) in [4.78, 5) is 4.98. The zero-order valence-electron chi connectivity index (χ0n) is 11.3. The number of rotatable bonds is 8. The van der Waals surface area contributed by atoms with Gasteiger partial charge in [-0.25, -0.2) is 0 Å². The Morgan fingerprint density at radius 1 is 1.25 bits per heavy atom. The van der Waals surface area contributed by atoms with Gasteiger partial charge in [-0.15, -0.1) is 0 Å². The van der Waals surface area contributed by atoms with Crippen molar-refractivity contribution in [3.05, 3.63) is 0 Å². The Labute approximate surface area is 101 Å². The Balaban J connectivity index is 1.94. The normalized spacial score (nSPS) is 22.1. The van der Waals surface area contributed by atoms with Crippen molar-refractivity contribution in [2.45, 2.75) is 38.6 Å². The van der Waals surface area contributed by atoms with E-state index in [4.69, 9.17) is 0 Å². The summed E-state index contributed by atoms with van der Waals surface area (Å²) in [5.41, 5.74) is 0. The molecule has 0 spiro atoms. The van der Waals surface area contributed by atoms with Crippen molar-refractivity contribution in [2.75, 3.05) is 46.8 Å². The van der Waals surface area contributed by atoms with Gasteiger partial charge in [-0.1, -0.05) is 6.92 Å². The van der Waals surface area contributed by atoms with Crippen LogP contribution < -0.4 is 5.32 Å².